The van der Waals surface area contributed by atoms with E-state index in [-0.39, 0.29) is 11.9 Å². The van der Waals surface area contributed by atoms with Crippen LogP contribution in [0.5, 0.6) is 0 Å². The zero-order chi connectivity index (χ0) is 22.9. The Balaban J connectivity index is 0. The minimum absolute atomic E-state index is 0.140. The molecule has 0 amide bonds. The van der Waals surface area contributed by atoms with E-state index in [1.807, 2.05) is 0 Å². The minimum Gasteiger partial charge on any atom is -0.466 e. The fourth-order valence-corrected chi connectivity index (χ4v) is 2.82. The van der Waals surface area contributed by atoms with Crippen LogP contribution in [0, 0.1) is 0 Å². The highest BCUT2D eigenvalue weighted by Crippen LogP contribution is 2.08. The third-order valence-corrected chi connectivity index (χ3v) is 4.53. The number of hydrogen-bond acceptors (Lipinski definition) is 5. The van der Waals surface area contributed by atoms with Crippen LogP contribution in [0.25, 0.3) is 0 Å². The molecule has 0 fully saturated rings. The van der Waals surface area contributed by atoms with Gasteiger partial charge in [-0.15, -0.1) is 0 Å². The molecule has 0 aliphatic rings. The van der Waals surface area contributed by atoms with E-state index >= 15 is 0 Å². The van der Waals surface area contributed by atoms with Crippen molar-refractivity contribution in [3.63, 3.8) is 0 Å². The highest BCUT2D eigenvalue weighted by Gasteiger charge is 2.06. The van der Waals surface area contributed by atoms with E-state index in [0.29, 0.717) is 38.9 Å². The zero-order valence-corrected chi connectivity index (χ0v) is 19.2. The van der Waals surface area contributed by atoms with E-state index in [4.69, 9.17) is 24.5 Å². The summed E-state index contributed by atoms with van der Waals surface area (Å²) in [6, 6.07) is 0. The number of esters is 2. The molecule has 0 aliphatic carbocycles. The second-order valence-corrected chi connectivity index (χ2v) is 7.47. The van der Waals surface area contributed by atoms with Gasteiger partial charge in [-0.05, 0) is 25.7 Å². The van der Waals surface area contributed by atoms with Gasteiger partial charge in [0.25, 0.3) is 0 Å². The van der Waals surface area contributed by atoms with Crippen molar-refractivity contribution in [2.24, 2.45) is 0 Å². The summed E-state index contributed by atoms with van der Waals surface area (Å²) in [6.45, 7) is 5.48. The van der Waals surface area contributed by atoms with E-state index in [0.717, 1.165) is 25.7 Å². The first-order chi connectivity index (χ1) is 14.4. The van der Waals surface area contributed by atoms with Crippen LogP contribution in [-0.4, -0.2) is 41.5 Å². The lowest BCUT2D eigenvalue weighted by molar-refractivity contribution is -0.146. The molecule has 0 rings (SSSR count). The van der Waals surface area contributed by atoms with Gasteiger partial charge in [0.15, 0.2) is 0 Å². The maximum atomic E-state index is 11.6. The van der Waals surface area contributed by atoms with Crippen LogP contribution in [0.3, 0.4) is 0 Å². The SMILES string of the molecule is CCCCCCCCOC(=O)CCCCC(=O)OCCCCCCCC.O=C(O)O. The number of rotatable bonds is 19. The summed E-state index contributed by atoms with van der Waals surface area (Å²) in [5.74, 6) is -0.280. The highest BCUT2D eigenvalue weighted by atomic mass is 16.6. The molecule has 0 heterocycles. The van der Waals surface area contributed by atoms with Gasteiger partial charge >= 0.3 is 18.1 Å². The lowest BCUT2D eigenvalue weighted by Crippen LogP contribution is -2.08. The molecule has 0 aromatic rings. The van der Waals surface area contributed by atoms with Crippen LogP contribution < -0.4 is 0 Å². The summed E-state index contributed by atoms with van der Waals surface area (Å²) >= 11 is 0. The van der Waals surface area contributed by atoms with Gasteiger partial charge in [0.1, 0.15) is 0 Å². The molecule has 0 saturated carbocycles. The van der Waals surface area contributed by atoms with Crippen LogP contribution in [0.4, 0.5) is 4.79 Å². The predicted molar refractivity (Wildman–Crippen MR) is 118 cm³/mol. The van der Waals surface area contributed by atoms with Crippen molar-refractivity contribution in [3.05, 3.63) is 0 Å². The van der Waals surface area contributed by atoms with Gasteiger partial charge in [-0.1, -0.05) is 78.1 Å². The topological polar surface area (TPSA) is 110 Å². The maximum absolute atomic E-state index is 11.6. The highest BCUT2D eigenvalue weighted by molar-refractivity contribution is 5.70. The minimum atomic E-state index is -1.83. The molecule has 0 aromatic carbocycles. The smallest absolute Gasteiger partial charge is 0.466 e. The molecule has 2 N–H and O–H groups in total. The van der Waals surface area contributed by atoms with E-state index in [1.165, 1.54) is 51.4 Å². The van der Waals surface area contributed by atoms with Crippen molar-refractivity contribution in [3.8, 4) is 0 Å². The quantitative estimate of drug-likeness (QED) is 0.175. The number of carboxylic acid groups (broad SMARTS) is 2. The zero-order valence-electron chi connectivity index (χ0n) is 19.2. The van der Waals surface area contributed by atoms with Gasteiger partial charge < -0.3 is 19.7 Å². The van der Waals surface area contributed by atoms with Crippen molar-refractivity contribution in [2.45, 2.75) is 117 Å². The monoisotopic (exact) mass is 432 g/mol. The summed E-state index contributed by atoms with van der Waals surface area (Å²) in [5.41, 5.74) is 0. The van der Waals surface area contributed by atoms with Crippen molar-refractivity contribution < 1.29 is 34.1 Å². The van der Waals surface area contributed by atoms with E-state index in [1.54, 1.807) is 0 Å². The Kier molecular flexibility index (Phi) is 25.6. The van der Waals surface area contributed by atoms with Crippen LogP contribution in [0.15, 0.2) is 0 Å². The lowest BCUT2D eigenvalue weighted by atomic mass is 10.1. The van der Waals surface area contributed by atoms with Gasteiger partial charge in [0, 0.05) is 12.8 Å². The Labute approximate surface area is 182 Å². The molecule has 0 saturated heterocycles. The summed E-state index contributed by atoms with van der Waals surface area (Å²) in [7, 11) is 0. The maximum Gasteiger partial charge on any atom is 0.503 e. The molecule has 0 atom stereocenters. The summed E-state index contributed by atoms with van der Waals surface area (Å²) < 4.78 is 10.4. The molecular weight excluding hydrogens is 388 g/mol. The molecule has 0 bridgehead atoms. The van der Waals surface area contributed by atoms with Crippen molar-refractivity contribution in [1.29, 1.82) is 0 Å². The van der Waals surface area contributed by atoms with E-state index in [2.05, 4.69) is 13.8 Å². The van der Waals surface area contributed by atoms with Crippen LogP contribution in [0.2, 0.25) is 0 Å². The molecule has 0 radical (unpaired) electrons. The van der Waals surface area contributed by atoms with Crippen LogP contribution >= 0.6 is 0 Å². The van der Waals surface area contributed by atoms with Gasteiger partial charge in [0.2, 0.25) is 0 Å². The number of ether oxygens (including phenoxy) is 2. The molecular formula is C23H44O7. The fraction of sp³-hybridized carbons (Fsp3) is 0.870. The Morgan fingerprint density at radius 1 is 0.533 bits per heavy atom. The van der Waals surface area contributed by atoms with Gasteiger partial charge in [0.05, 0.1) is 13.2 Å². The first kappa shape index (κ1) is 30.4. The van der Waals surface area contributed by atoms with E-state index < -0.39 is 6.16 Å². The van der Waals surface area contributed by atoms with Crippen molar-refractivity contribution in [2.75, 3.05) is 13.2 Å². The molecule has 0 aromatic heterocycles. The first-order valence-corrected chi connectivity index (χ1v) is 11.7. The standard InChI is InChI=1S/C22H42O4.CH2O3/c1-3-5-7-9-11-15-19-25-21(23)17-13-14-18-22(24)26-20-16-12-10-8-6-4-2;2-1(3)4/h3-20H2,1-2H3;(H2,2,3,4). The van der Waals surface area contributed by atoms with Crippen LogP contribution in [0.1, 0.15) is 117 Å². The Morgan fingerprint density at radius 3 is 1.17 bits per heavy atom. The number of carbonyl (C=O) groups is 3. The molecule has 178 valence electrons. The summed E-state index contributed by atoms with van der Waals surface area (Å²) in [6.07, 6.45) is 14.7. The molecule has 30 heavy (non-hydrogen) atoms. The second-order valence-electron chi connectivity index (χ2n) is 7.47. The molecule has 0 spiro atoms. The average Bonchev–Trinajstić information content (AvgIpc) is 2.69. The fourth-order valence-electron chi connectivity index (χ4n) is 2.82. The van der Waals surface area contributed by atoms with Gasteiger partial charge in [-0.3, -0.25) is 9.59 Å². The Morgan fingerprint density at radius 2 is 0.833 bits per heavy atom. The number of unbranched alkanes of at least 4 members (excludes halogenated alkanes) is 11. The first-order valence-electron chi connectivity index (χ1n) is 11.7. The number of carbonyl (C=O) groups excluding carboxylic acids is 2. The van der Waals surface area contributed by atoms with Gasteiger partial charge in [-0.2, -0.15) is 0 Å². The largest absolute Gasteiger partial charge is 0.503 e. The molecule has 7 heteroatoms. The lowest BCUT2D eigenvalue weighted by Gasteiger charge is -2.06. The average molecular weight is 433 g/mol. The molecule has 0 aliphatic heterocycles. The van der Waals surface area contributed by atoms with Crippen molar-refractivity contribution in [1.82, 2.24) is 0 Å². The Bertz CT molecular complexity index is 374. The number of hydrogen-bond donors (Lipinski definition) is 2. The Hall–Kier alpha value is -1.79. The van der Waals surface area contributed by atoms with Gasteiger partial charge in [-0.25, -0.2) is 4.79 Å². The van der Waals surface area contributed by atoms with Crippen molar-refractivity contribution >= 4 is 18.1 Å². The molecule has 0 unspecified atom stereocenters. The summed E-state index contributed by atoms with van der Waals surface area (Å²) in [4.78, 5) is 31.8. The predicted octanol–water partition coefficient (Wildman–Crippen LogP) is 6.58. The third kappa shape index (κ3) is 30.9. The van der Waals surface area contributed by atoms with E-state index in [9.17, 15) is 9.59 Å². The molecule has 7 nitrogen and oxygen atoms in total. The van der Waals surface area contributed by atoms with Crippen LogP contribution in [-0.2, 0) is 19.1 Å². The summed E-state index contributed by atoms with van der Waals surface area (Å²) in [5, 5.41) is 13.9. The second kappa shape index (κ2) is 25.2. The normalized spacial score (nSPS) is 10.1. The third-order valence-electron chi connectivity index (χ3n) is 4.53.